The van der Waals surface area contributed by atoms with Gasteiger partial charge in [0.25, 0.3) is 11.6 Å². The van der Waals surface area contributed by atoms with Gasteiger partial charge in [0.15, 0.2) is 10.3 Å². The number of hydrogen-bond donors (Lipinski definition) is 0. The number of nitro benzene ring substituents is 1. The third-order valence-corrected chi connectivity index (χ3v) is 4.83. The van der Waals surface area contributed by atoms with Crippen LogP contribution < -0.4 is 0 Å². The van der Waals surface area contributed by atoms with Crippen LogP contribution >= 0.6 is 23.4 Å². The molecule has 2 aromatic rings. The molecule has 0 unspecified atom stereocenters. The Balaban J connectivity index is 1.98. The summed E-state index contributed by atoms with van der Waals surface area (Å²) in [6.45, 7) is 3.94. The van der Waals surface area contributed by atoms with Crippen LogP contribution in [0.5, 0.6) is 0 Å². The number of thioether (sulfide) groups is 1. The van der Waals surface area contributed by atoms with E-state index in [9.17, 15) is 14.9 Å². The second kappa shape index (κ2) is 8.15. The molecule has 0 N–H and O–H groups in total. The van der Waals surface area contributed by atoms with Gasteiger partial charge >= 0.3 is 0 Å². The highest BCUT2D eigenvalue weighted by atomic mass is 35.5. The molecular formula is C18H13ClN4O3S. The number of amides is 1. The van der Waals surface area contributed by atoms with E-state index in [0.29, 0.717) is 21.3 Å². The number of nitrogens with zero attached hydrogens (tertiary/aromatic N) is 4. The van der Waals surface area contributed by atoms with E-state index in [1.807, 2.05) is 0 Å². The Bertz CT molecular complexity index is 990. The van der Waals surface area contributed by atoms with Crippen LogP contribution in [0.25, 0.3) is 6.08 Å². The number of halogens is 1. The summed E-state index contributed by atoms with van der Waals surface area (Å²) in [4.78, 5) is 33.5. The molecule has 0 atom stereocenters. The minimum Gasteiger partial charge on any atom is -0.283 e. The Kier molecular flexibility index (Phi) is 5.68. The molecule has 1 saturated heterocycles. The first-order chi connectivity index (χ1) is 13.0. The fraction of sp³-hybridized carbons (Fsp3) is 0.0556. The second-order valence-electron chi connectivity index (χ2n) is 5.37. The predicted octanol–water partition coefficient (Wildman–Crippen LogP) is 4.43. The van der Waals surface area contributed by atoms with Gasteiger partial charge in [0.2, 0.25) is 0 Å². The van der Waals surface area contributed by atoms with Crippen LogP contribution in [0.15, 0.2) is 65.1 Å². The lowest BCUT2D eigenvalue weighted by molar-refractivity contribution is -0.384. The van der Waals surface area contributed by atoms with Crippen LogP contribution in [0.4, 0.5) is 11.4 Å². The molecule has 0 bridgehead atoms. The van der Waals surface area contributed by atoms with Crippen LogP contribution in [0.3, 0.4) is 0 Å². The van der Waals surface area contributed by atoms with Gasteiger partial charge in [-0.15, -0.1) is 6.58 Å². The smallest absolute Gasteiger partial charge is 0.270 e. The first-order valence-corrected chi connectivity index (χ1v) is 8.95. The Morgan fingerprint density at radius 1 is 1.37 bits per heavy atom. The van der Waals surface area contributed by atoms with Crippen molar-refractivity contribution in [3.05, 3.63) is 81.0 Å². The maximum absolute atomic E-state index is 12.7. The van der Waals surface area contributed by atoms with Crippen LogP contribution in [-0.2, 0) is 4.79 Å². The Labute approximate surface area is 164 Å². The fourth-order valence-corrected chi connectivity index (χ4v) is 3.49. The van der Waals surface area contributed by atoms with Crippen LogP contribution in [0, 0.1) is 10.1 Å². The number of carbonyl (C=O) groups is 1. The molecule has 1 aromatic carbocycles. The largest absolute Gasteiger partial charge is 0.283 e. The highest BCUT2D eigenvalue weighted by molar-refractivity contribution is 8.18. The minimum atomic E-state index is -0.479. The maximum Gasteiger partial charge on any atom is 0.270 e. The molecule has 1 aliphatic rings. The number of aromatic nitrogens is 1. The third kappa shape index (κ3) is 4.24. The molecule has 0 radical (unpaired) electrons. The van der Waals surface area contributed by atoms with Gasteiger partial charge in [-0.1, -0.05) is 29.8 Å². The molecule has 27 heavy (non-hydrogen) atoms. The average Bonchev–Trinajstić information content (AvgIpc) is 2.93. The number of aliphatic imine (C=N–C) groups is 1. The standard InChI is InChI=1S/C18H13ClN4O3S/c1-2-9-22-17(24)15(11-12-5-3-6-13(10-12)23(25)26)27-18(22)21-14-7-4-8-20-16(14)19/h2-8,10-11H,1,9H2/b15-11-,21-18?. The Morgan fingerprint density at radius 3 is 2.89 bits per heavy atom. The number of hydrogen-bond acceptors (Lipinski definition) is 6. The molecule has 1 fully saturated rings. The van der Waals surface area contributed by atoms with Crippen molar-refractivity contribution in [3.8, 4) is 0 Å². The van der Waals surface area contributed by atoms with Crippen molar-refractivity contribution in [2.45, 2.75) is 0 Å². The molecule has 1 amide bonds. The summed E-state index contributed by atoms with van der Waals surface area (Å²) in [6.07, 6.45) is 4.74. The molecule has 0 saturated carbocycles. The van der Waals surface area contributed by atoms with Crippen LogP contribution in [0.2, 0.25) is 5.15 Å². The highest BCUT2D eigenvalue weighted by Gasteiger charge is 2.32. The summed E-state index contributed by atoms with van der Waals surface area (Å²) >= 11 is 7.21. The van der Waals surface area contributed by atoms with Crippen molar-refractivity contribution < 1.29 is 9.72 Å². The van der Waals surface area contributed by atoms with E-state index in [2.05, 4.69) is 16.6 Å². The van der Waals surface area contributed by atoms with E-state index < -0.39 is 4.92 Å². The number of carbonyl (C=O) groups excluding carboxylic acids is 1. The highest BCUT2D eigenvalue weighted by Crippen LogP contribution is 2.35. The molecule has 7 nitrogen and oxygen atoms in total. The van der Waals surface area contributed by atoms with Crippen molar-refractivity contribution in [3.63, 3.8) is 0 Å². The van der Waals surface area contributed by atoms with E-state index in [4.69, 9.17) is 11.6 Å². The zero-order valence-corrected chi connectivity index (χ0v) is 15.5. The van der Waals surface area contributed by atoms with Crippen LogP contribution in [0.1, 0.15) is 5.56 Å². The van der Waals surface area contributed by atoms with Gasteiger partial charge in [0.05, 0.1) is 9.83 Å². The number of benzene rings is 1. The molecular weight excluding hydrogens is 388 g/mol. The minimum absolute atomic E-state index is 0.0428. The van der Waals surface area contributed by atoms with Gasteiger partial charge in [-0.25, -0.2) is 9.98 Å². The third-order valence-electron chi connectivity index (χ3n) is 3.53. The van der Waals surface area contributed by atoms with Gasteiger partial charge in [0, 0.05) is 24.9 Å². The quantitative estimate of drug-likeness (QED) is 0.243. The van der Waals surface area contributed by atoms with E-state index in [0.717, 1.165) is 11.8 Å². The SMILES string of the molecule is C=CCN1C(=O)/C(=C/c2cccc([N+](=O)[O-])c2)SC1=Nc1cccnc1Cl. The average molecular weight is 401 g/mol. The van der Waals surface area contributed by atoms with Gasteiger partial charge in [0.1, 0.15) is 5.69 Å². The topological polar surface area (TPSA) is 88.7 Å². The van der Waals surface area contributed by atoms with Crippen molar-refractivity contribution in [1.82, 2.24) is 9.88 Å². The lowest BCUT2D eigenvalue weighted by Gasteiger charge is -2.12. The maximum atomic E-state index is 12.7. The van der Waals surface area contributed by atoms with Crippen molar-refractivity contribution in [2.75, 3.05) is 6.54 Å². The Hall–Kier alpha value is -2.97. The monoisotopic (exact) mass is 400 g/mol. The zero-order valence-electron chi connectivity index (χ0n) is 13.9. The molecule has 136 valence electrons. The normalized spacial score (nSPS) is 16.9. The first-order valence-electron chi connectivity index (χ1n) is 7.75. The summed E-state index contributed by atoms with van der Waals surface area (Å²) in [7, 11) is 0. The van der Waals surface area contributed by atoms with Crippen molar-refractivity contribution in [1.29, 1.82) is 0 Å². The van der Waals surface area contributed by atoms with Gasteiger partial charge < -0.3 is 0 Å². The Morgan fingerprint density at radius 2 is 2.19 bits per heavy atom. The number of non-ortho nitro benzene ring substituents is 1. The molecule has 3 rings (SSSR count). The summed E-state index contributed by atoms with van der Waals surface area (Å²) < 4.78 is 0. The summed E-state index contributed by atoms with van der Waals surface area (Å²) in [5, 5.41) is 11.6. The summed E-state index contributed by atoms with van der Waals surface area (Å²) in [6, 6.07) is 9.46. The molecule has 1 aliphatic heterocycles. The molecule has 9 heteroatoms. The number of nitro groups is 1. The lowest BCUT2D eigenvalue weighted by atomic mass is 10.2. The number of amidine groups is 1. The van der Waals surface area contributed by atoms with E-state index >= 15 is 0 Å². The fourth-order valence-electron chi connectivity index (χ4n) is 2.32. The zero-order chi connectivity index (χ0) is 19.4. The molecule has 0 aliphatic carbocycles. The predicted molar refractivity (Wildman–Crippen MR) is 107 cm³/mol. The summed E-state index contributed by atoms with van der Waals surface area (Å²) in [5.41, 5.74) is 0.957. The van der Waals surface area contributed by atoms with E-state index in [1.165, 1.54) is 17.0 Å². The summed E-state index contributed by atoms with van der Waals surface area (Å²) in [5.74, 6) is -0.259. The molecule has 1 aromatic heterocycles. The van der Waals surface area contributed by atoms with E-state index in [-0.39, 0.29) is 23.3 Å². The van der Waals surface area contributed by atoms with Crippen LogP contribution in [-0.4, -0.2) is 32.4 Å². The second-order valence-corrected chi connectivity index (χ2v) is 6.74. The van der Waals surface area contributed by atoms with Gasteiger partial charge in [-0.05, 0) is 35.5 Å². The first kappa shape index (κ1) is 18.8. The molecule has 2 heterocycles. The van der Waals surface area contributed by atoms with Crippen molar-refractivity contribution >= 4 is 51.9 Å². The van der Waals surface area contributed by atoms with Gasteiger partial charge in [-0.3, -0.25) is 19.8 Å². The lowest BCUT2D eigenvalue weighted by Crippen LogP contribution is -2.29. The van der Waals surface area contributed by atoms with Gasteiger partial charge in [-0.2, -0.15) is 0 Å². The molecule has 0 spiro atoms. The number of pyridine rings is 1. The number of rotatable bonds is 5. The van der Waals surface area contributed by atoms with Crippen molar-refractivity contribution in [2.24, 2.45) is 4.99 Å². The van der Waals surface area contributed by atoms with E-state index in [1.54, 1.807) is 42.6 Å².